The quantitative estimate of drug-likeness (QED) is 0.742. The maximum Gasteiger partial charge on any atom is 0.143 e. The Labute approximate surface area is 111 Å². The predicted molar refractivity (Wildman–Crippen MR) is 72.3 cm³/mol. The first-order valence-corrected chi connectivity index (χ1v) is 6.62. The van der Waals surface area contributed by atoms with Gasteiger partial charge in [0.15, 0.2) is 0 Å². The van der Waals surface area contributed by atoms with Gasteiger partial charge in [0, 0.05) is 18.5 Å². The molecule has 0 spiro atoms. The summed E-state index contributed by atoms with van der Waals surface area (Å²) in [6.07, 6.45) is 3.77. The third kappa shape index (κ3) is 3.06. The monoisotopic (exact) mass is 272 g/mol. The molecule has 1 aromatic rings. The van der Waals surface area contributed by atoms with Crippen LogP contribution in [0.3, 0.4) is 0 Å². The summed E-state index contributed by atoms with van der Waals surface area (Å²) in [5.74, 6) is -0.283. The number of benzene rings is 1. The van der Waals surface area contributed by atoms with E-state index >= 15 is 0 Å². The summed E-state index contributed by atoms with van der Waals surface area (Å²) in [6.45, 7) is 0.604. The Kier molecular flexibility index (Phi) is 4.30. The number of halogens is 2. The average Bonchev–Trinajstić information content (AvgIpc) is 2.34. The van der Waals surface area contributed by atoms with Crippen molar-refractivity contribution in [2.45, 2.75) is 31.8 Å². The topological polar surface area (TPSA) is 58.3 Å². The average molecular weight is 273 g/mol. The Morgan fingerprint density at radius 1 is 1.39 bits per heavy atom. The minimum absolute atomic E-state index is 0.0238. The van der Waals surface area contributed by atoms with Gasteiger partial charge in [-0.15, -0.1) is 0 Å². The highest BCUT2D eigenvalue weighted by Gasteiger charge is 2.22. The molecule has 0 radical (unpaired) electrons. The van der Waals surface area contributed by atoms with Gasteiger partial charge in [-0.25, -0.2) is 4.39 Å². The maximum absolute atomic E-state index is 13.3. The van der Waals surface area contributed by atoms with Gasteiger partial charge >= 0.3 is 0 Å². The fourth-order valence-corrected chi connectivity index (χ4v) is 2.55. The van der Waals surface area contributed by atoms with Crippen LogP contribution >= 0.6 is 11.6 Å². The molecule has 0 aromatic heterocycles. The Hall–Kier alpha value is -1.00. The van der Waals surface area contributed by atoms with Crippen molar-refractivity contribution in [3.8, 4) is 0 Å². The molecule has 18 heavy (non-hydrogen) atoms. The maximum atomic E-state index is 13.3. The van der Waals surface area contributed by atoms with Gasteiger partial charge in [0.2, 0.25) is 0 Å². The first-order valence-electron chi connectivity index (χ1n) is 6.24. The number of nitrogens with two attached hydrogens (primary N) is 1. The zero-order chi connectivity index (χ0) is 13.1. The van der Waals surface area contributed by atoms with Crippen LogP contribution in [0.1, 0.15) is 25.7 Å². The van der Waals surface area contributed by atoms with Gasteiger partial charge in [0.1, 0.15) is 5.82 Å². The summed E-state index contributed by atoms with van der Waals surface area (Å²) in [7, 11) is 0. The van der Waals surface area contributed by atoms with Crippen LogP contribution in [0.4, 0.5) is 15.8 Å². The van der Waals surface area contributed by atoms with Crippen molar-refractivity contribution in [1.82, 2.24) is 0 Å². The van der Waals surface area contributed by atoms with E-state index in [1.54, 1.807) is 0 Å². The number of aliphatic hydroxyl groups excluding tert-OH is 1. The van der Waals surface area contributed by atoms with Gasteiger partial charge in [-0.05, 0) is 18.9 Å². The number of hydrogen-bond donors (Lipinski definition) is 3. The molecule has 2 rings (SSSR count). The molecular formula is C13H18ClFN2O. The van der Waals surface area contributed by atoms with E-state index in [2.05, 4.69) is 5.32 Å². The van der Waals surface area contributed by atoms with Crippen LogP contribution in [-0.4, -0.2) is 17.8 Å². The Morgan fingerprint density at radius 2 is 2.11 bits per heavy atom. The second-order valence-electron chi connectivity index (χ2n) is 4.85. The van der Waals surface area contributed by atoms with Gasteiger partial charge in [0.05, 0.1) is 22.5 Å². The number of hydrogen-bond acceptors (Lipinski definition) is 3. The zero-order valence-electron chi connectivity index (χ0n) is 10.1. The van der Waals surface area contributed by atoms with Gasteiger partial charge in [-0.1, -0.05) is 24.4 Å². The van der Waals surface area contributed by atoms with E-state index in [0.717, 1.165) is 25.7 Å². The van der Waals surface area contributed by atoms with Crippen molar-refractivity contribution in [3.63, 3.8) is 0 Å². The highest BCUT2D eigenvalue weighted by molar-refractivity contribution is 6.31. The molecule has 4 N–H and O–H groups in total. The summed E-state index contributed by atoms with van der Waals surface area (Å²) < 4.78 is 13.3. The molecule has 0 amide bonds. The number of anilines is 2. The van der Waals surface area contributed by atoms with Crippen molar-refractivity contribution < 1.29 is 9.50 Å². The molecule has 0 aliphatic heterocycles. The number of rotatable bonds is 3. The van der Waals surface area contributed by atoms with Crippen LogP contribution in [0.2, 0.25) is 5.02 Å². The van der Waals surface area contributed by atoms with E-state index in [9.17, 15) is 9.50 Å². The summed E-state index contributed by atoms with van der Waals surface area (Å²) in [5.41, 5.74) is 6.72. The molecule has 100 valence electrons. The van der Waals surface area contributed by atoms with Crippen molar-refractivity contribution in [2.24, 2.45) is 5.92 Å². The third-order valence-electron chi connectivity index (χ3n) is 3.52. The Morgan fingerprint density at radius 3 is 2.83 bits per heavy atom. The molecule has 3 nitrogen and oxygen atoms in total. The summed E-state index contributed by atoms with van der Waals surface area (Å²) >= 11 is 5.64. The van der Waals surface area contributed by atoms with Gasteiger partial charge in [0.25, 0.3) is 0 Å². The zero-order valence-corrected chi connectivity index (χ0v) is 10.9. The molecule has 1 saturated carbocycles. The van der Waals surface area contributed by atoms with E-state index in [-0.39, 0.29) is 17.0 Å². The van der Waals surface area contributed by atoms with Crippen LogP contribution in [0.15, 0.2) is 12.1 Å². The molecule has 5 heteroatoms. The first kappa shape index (κ1) is 13.4. The smallest absolute Gasteiger partial charge is 0.143 e. The second kappa shape index (κ2) is 5.76. The molecular weight excluding hydrogens is 255 g/mol. The fraction of sp³-hybridized carbons (Fsp3) is 0.538. The summed E-state index contributed by atoms with van der Waals surface area (Å²) in [6, 6.07) is 2.70. The highest BCUT2D eigenvalue weighted by atomic mass is 35.5. The van der Waals surface area contributed by atoms with E-state index in [1.165, 1.54) is 12.1 Å². The molecule has 2 unspecified atom stereocenters. The molecule has 0 saturated heterocycles. The SMILES string of the molecule is Nc1cc(Cl)c(F)cc1NCC1CCCCC1O. The van der Waals surface area contributed by atoms with Crippen molar-refractivity contribution in [2.75, 3.05) is 17.6 Å². The van der Waals surface area contributed by atoms with Crippen LogP contribution in [-0.2, 0) is 0 Å². The van der Waals surface area contributed by atoms with Crippen LogP contribution in [0.5, 0.6) is 0 Å². The Bertz CT molecular complexity index is 428. The van der Waals surface area contributed by atoms with E-state index in [0.29, 0.717) is 17.9 Å². The van der Waals surface area contributed by atoms with Crippen LogP contribution in [0.25, 0.3) is 0 Å². The minimum atomic E-state index is -0.488. The molecule has 1 aromatic carbocycles. The van der Waals surface area contributed by atoms with E-state index in [4.69, 9.17) is 17.3 Å². The molecule has 0 heterocycles. The standard InChI is InChI=1S/C13H18ClFN2O/c14-9-5-11(16)12(6-10(9)15)17-7-8-3-1-2-4-13(8)18/h5-6,8,13,17-18H,1-4,7,16H2. The van der Waals surface area contributed by atoms with Gasteiger partial charge in [-0.2, -0.15) is 0 Å². The lowest BCUT2D eigenvalue weighted by Gasteiger charge is -2.28. The van der Waals surface area contributed by atoms with Crippen molar-refractivity contribution >= 4 is 23.0 Å². The van der Waals surface area contributed by atoms with Crippen LogP contribution < -0.4 is 11.1 Å². The number of nitrogen functional groups attached to an aromatic ring is 1. The Balaban J connectivity index is 1.99. The highest BCUT2D eigenvalue weighted by Crippen LogP contribution is 2.28. The van der Waals surface area contributed by atoms with Crippen molar-refractivity contribution in [1.29, 1.82) is 0 Å². The minimum Gasteiger partial charge on any atom is -0.397 e. The lowest BCUT2D eigenvalue weighted by atomic mass is 9.86. The summed E-state index contributed by atoms with van der Waals surface area (Å²) in [5, 5.41) is 13.0. The second-order valence-corrected chi connectivity index (χ2v) is 5.25. The van der Waals surface area contributed by atoms with E-state index in [1.807, 2.05) is 0 Å². The molecule has 2 atom stereocenters. The largest absolute Gasteiger partial charge is 0.397 e. The fourth-order valence-electron chi connectivity index (χ4n) is 2.38. The lowest BCUT2D eigenvalue weighted by molar-refractivity contribution is 0.0763. The normalized spacial score (nSPS) is 23.9. The van der Waals surface area contributed by atoms with Crippen LogP contribution in [0, 0.1) is 11.7 Å². The molecule has 1 fully saturated rings. The molecule has 0 bridgehead atoms. The predicted octanol–water partition coefficient (Wildman–Crippen LogP) is 3.02. The third-order valence-corrected chi connectivity index (χ3v) is 3.81. The lowest BCUT2D eigenvalue weighted by Crippen LogP contribution is -2.30. The molecule has 1 aliphatic rings. The molecule has 1 aliphatic carbocycles. The van der Waals surface area contributed by atoms with Gasteiger partial charge < -0.3 is 16.2 Å². The van der Waals surface area contributed by atoms with E-state index < -0.39 is 5.82 Å². The number of aliphatic hydroxyl groups is 1. The van der Waals surface area contributed by atoms with Crippen molar-refractivity contribution in [3.05, 3.63) is 23.0 Å². The summed E-state index contributed by atoms with van der Waals surface area (Å²) in [4.78, 5) is 0. The first-order chi connectivity index (χ1) is 8.58. The number of nitrogens with one attached hydrogen (secondary N) is 1. The van der Waals surface area contributed by atoms with Gasteiger partial charge in [-0.3, -0.25) is 0 Å².